The van der Waals surface area contributed by atoms with Gasteiger partial charge >= 0.3 is 5.82 Å². The molecule has 10 rings (SSSR count). The molecule has 10 aromatic rings. The van der Waals surface area contributed by atoms with Gasteiger partial charge in [0.25, 0.3) is 0 Å². The maximum absolute atomic E-state index is 6.48. The fraction of sp³-hybridized carbons (Fsp3) is 0. The van der Waals surface area contributed by atoms with Crippen LogP contribution in [-0.2, 0) is 0 Å². The van der Waals surface area contributed by atoms with Crippen LogP contribution < -0.4 is 4.98 Å². The second-order valence-corrected chi connectivity index (χ2v) is 13.9. The lowest BCUT2D eigenvalue weighted by Gasteiger charge is -2.12. The van der Waals surface area contributed by atoms with Crippen LogP contribution in [0.2, 0.25) is 0 Å². The van der Waals surface area contributed by atoms with E-state index in [1.54, 1.807) is 0 Å². The van der Waals surface area contributed by atoms with Crippen molar-refractivity contribution in [1.82, 2.24) is 4.98 Å². The Balaban J connectivity index is 1.06. The van der Waals surface area contributed by atoms with Gasteiger partial charge in [0.15, 0.2) is 5.69 Å². The van der Waals surface area contributed by atoms with Crippen LogP contribution in [0, 0.1) is 0 Å². The highest BCUT2D eigenvalue weighted by molar-refractivity contribution is 6.13. The van der Waals surface area contributed by atoms with Crippen molar-refractivity contribution in [2.24, 2.45) is 0 Å². The number of fused-ring (bicyclic) bond motifs is 3. The van der Waals surface area contributed by atoms with E-state index in [-0.39, 0.29) is 0 Å². The van der Waals surface area contributed by atoms with E-state index in [9.17, 15) is 0 Å². The average molecular weight is 704 g/mol. The number of H-pyrrole nitrogens is 1. The number of nitrogens with zero attached hydrogens (tertiary/aromatic N) is 1. The maximum Gasteiger partial charge on any atom is 0.329 e. The fourth-order valence-electron chi connectivity index (χ4n) is 7.59. The highest BCUT2D eigenvalue weighted by Gasteiger charge is 2.21. The van der Waals surface area contributed by atoms with E-state index in [0.717, 1.165) is 67.0 Å². The quantitative estimate of drug-likeness (QED) is 0.166. The van der Waals surface area contributed by atoms with Crippen molar-refractivity contribution in [1.29, 1.82) is 0 Å². The van der Waals surface area contributed by atoms with Gasteiger partial charge in [-0.15, -0.1) is 0 Å². The Morgan fingerprint density at radius 1 is 0.345 bits per heavy atom. The molecule has 0 fully saturated rings. The number of nitrogens with one attached hydrogen (secondary N) is 1. The summed E-state index contributed by atoms with van der Waals surface area (Å²) in [4.78, 5) is 8.75. The van der Waals surface area contributed by atoms with Crippen LogP contribution in [0.15, 0.2) is 211 Å². The van der Waals surface area contributed by atoms with Crippen molar-refractivity contribution in [3.05, 3.63) is 206 Å². The summed E-state index contributed by atoms with van der Waals surface area (Å²) in [5.74, 6) is 0.813. The summed E-state index contributed by atoms with van der Waals surface area (Å²) in [6, 6.07) is 72.6. The molecule has 3 nitrogen and oxygen atoms in total. The predicted molar refractivity (Wildman–Crippen MR) is 226 cm³/mol. The summed E-state index contributed by atoms with van der Waals surface area (Å²) in [5.41, 5.74) is 16.2. The fourth-order valence-corrected chi connectivity index (χ4v) is 7.59. The molecule has 3 heteroatoms. The molecule has 0 saturated heterocycles. The van der Waals surface area contributed by atoms with E-state index in [1.165, 1.54) is 33.4 Å². The van der Waals surface area contributed by atoms with Crippen molar-refractivity contribution in [3.63, 3.8) is 0 Å². The summed E-state index contributed by atoms with van der Waals surface area (Å²) < 4.78 is 6.48. The predicted octanol–water partition coefficient (Wildman–Crippen LogP) is 13.5. The second-order valence-electron chi connectivity index (χ2n) is 13.9. The Bertz CT molecular complexity index is 2820. The molecule has 0 bridgehead atoms. The van der Waals surface area contributed by atoms with Gasteiger partial charge in [-0.3, -0.25) is 0 Å². The molecule has 2 aromatic heterocycles. The molecule has 258 valence electrons. The van der Waals surface area contributed by atoms with Crippen LogP contribution >= 0.6 is 0 Å². The Morgan fingerprint density at radius 3 is 1.42 bits per heavy atom. The molecule has 0 amide bonds. The number of rotatable bonds is 7. The topological polar surface area (TPSA) is 40.2 Å². The molecule has 55 heavy (non-hydrogen) atoms. The van der Waals surface area contributed by atoms with E-state index in [1.807, 2.05) is 24.3 Å². The van der Waals surface area contributed by atoms with Gasteiger partial charge in [0.05, 0.1) is 5.56 Å². The van der Waals surface area contributed by atoms with Crippen molar-refractivity contribution in [2.45, 2.75) is 0 Å². The van der Waals surface area contributed by atoms with Gasteiger partial charge < -0.3 is 4.42 Å². The molecule has 0 radical (unpaired) electrons. The number of hydrogen-bond acceptors (Lipinski definition) is 2. The van der Waals surface area contributed by atoms with E-state index < -0.39 is 0 Å². The van der Waals surface area contributed by atoms with Gasteiger partial charge in [0.1, 0.15) is 16.9 Å². The average Bonchev–Trinajstić information content (AvgIpc) is 3.66. The molecule has 0 saturated carbocycles. The Morgan fingerprint density at radius 2 is 0.836 bits per heavy atom. The van der Waals surface area contributed by atoms with E-state index >= 15 is 0 Å². The largest absolute Gasteiger partial charge is 0.456 e. The lowest BCUT2D eigenvalue weighted by atomic mass is 9.92. The molecule has 1 N–H and O–H groups in total. The molecule has 0 aliphatic rings. The molecule has 0 spiro atoms. The first kappa shape index (κ1) is 32.3. The minimum atomic E-state index is 0.813. The number of aromatic amines is 1. The van der Waals surface area contributed by atoms with Crippen molar-refractivity contribution in [2.75, 3.05) is 0 Å². The SMILES string of the molecule is c1ccc(-c2cc(-c3ccccc3)cc(-c3ccc(-c4ccc5oc6cccc(-c7cc(-c8ccccc8)nc(-c8ccccc8)[nH+]7)c6c5c4)cc3)c2)cc1. The van der Waals surface area contributed by atoms with Crippen LogP contribution in [0.1, 0.15) is 0 Å². The molecule has 8 aromatic carbocycles. The van der Waals surface area contributed by atoms with Gasteiger partial charge in [-0.1, -0.05) is 146 Å². The first-order valence-corrected chi connectivity index (χ1v) is 18.6. The zero-order valence-corrected chi connectivity index (χ0v) is 30.0. The Kier molecular flexibility index (Phi) is 8.16. The summed E-state index contributed by atoms with van der Waals surface area (Å²) in [7, 11) is 0. The third-order valence-corrected chi connectivity index (χ3v) is 10.4. The summed E-state index contributed by atoms with van der Waals surface area (Å²) >= 11 is 0. The van der Waals surface area contributed by atoms with Gasteiger partial charge in [-0.05, 0) is 104 Å². The molecule has 0 unspecified atom stereocenters. The lowest BCUT2D eigenvalue weighted by molar-refractivity contribution is -0.355. The highest BCUT2D eigenvalue weighted by Crippen LogP contribution is 2.39. The Hall–Kier alpha value is -7.36. The second kappa shape index (κ2) is 13.9. The van der Waals surface area contributed by atoms with Crippen LogP contribution in [0.25, 0.3) is 100 Å². The normalized spacial score (nSPS) is 11.3. The van der Waals surface area contributed by atoms with Gasteiger partial charge in [0, 0.05) is 28.0 Å². The van der Waals surface area contributed by atoms with E-state index in [2.05, 4.69) is 187 Å². The van der Waals surface area contributed by atoms with Gasteiger partial charge in [-0.2, -0.15) is 0 Å². The Labute approximate surface area is 319 Å². The lowest BCUT2D eigenvalue weighted by Crippen LogP contribution is -2.14. The smallest absolute Gasteiger partial charge is 0.329 e. The molecule has 0 aliphatic heterocycles. The monoisotopic (exact) mass is 703 g/mol. The molecular weight excluding hydrogens is 669 g/mol. The van der Waals surface area contributed by atoms with Crippen molar-refractivity contribution in [3.8, 4) is 78.4 Å². The minimum Gasteiger partial charge on any atom is -0.456 e. The van der Waals surface area contributed by atoms with Crippen LogP contribution in [0.3, 0.4) is 0 Å². The minimum absolute atomic E-state index is 0.813. The van der Waals surface area contributed by atoms with Crippen molar-refractivity contribution < 1.29 is 9.40 Å². The summed E-state index contributed by atoms with van der Waals surface area (Å²) in [6.45, 7) is 0. The summed E-state index contributed by atoms with van der Waals surface area (Å²) in [5, 5.41) is 2.14. The maximum atomic E-state index is 6.48. The van der Waals surface area contributed by atoms with Gasteiger partial charge in [0.2, 0.25) is 0 Å². The molecule has 0 atom stereocenters. The van der Waals surface area contributed by atoms with E-state index in [4.69, 9.17) is 9.40 Å². The number of furan rings is 1. The van der Waals surface area contributed by atoms with E-state index in [0.29, 0.717) is 0 Å². The first-order chi connectivity index (χ1) is 27.2. The standard InChI is InChI=1S/C52H34N2O/c1-5-14-35(15-6-1)42-30-43(36-16-7-2-8-17-36)32-44(31-42)38-26-24-37(25-27-38)41-28-29-49-46(33-41)51-45(22-13-23-50(51)55-49)48-34-47(39-18-9-3-10-19-39)53-52(54-48)40-20-11-4-12-21-40/h1-34H/p+1. The first-order valence-electron chi connectivity index (χ1n) is 18.6. The highest BCUT2D eigenvalue weighted by atomic mass is 16.3. The molecule has 2 heterocycles. The van der Waals surface area contributed by atoms with Crippen LogP contribution in [0.4, 0.5) is 0 Å². The van der Waals surface area contributed by atoms with Crippen LogP contribution in [0.5, 0.6) is 0 Å². The van der Waals surface area contributed by atoms with Crippen molar-refractivity contribution >= 4 is 21.9 Å². The summed E-state index contributed by atoms with van der Waals surface area (Å²) in [6.07, 6.45) is 0. The third kappa shape index (κ3) is 6.28. The molecule has 0 aliphatic carbocycles. The van der Waals surface area contributed by atoms with Gasteiger partial charge in [-0.25, -0.2) is 4.98 Å². The number of aromatic nitrogens is 2. The molecular formula is C52H35N2O+. The third-order valence-electron chi connectivity index (χ3n) is 10.4. The van der Waals surface area contributed by atoms with Crippen LogP contribution in [-0.4, -0.2) is 4.98 Å². The number of hydrogen-bond donors (Lipinski definition) is 0. The zero-order valence-electron chi connectivity index (χ0n) is 30.0. The zero-order chi connectivity index (χ0) is 36.6. The number of benzene rings is 8.